The molecule has 0 bridgehead atoms. The minimum Gasteiger partial charge on any atom is -0.493 e. The number of amides is 2. The number of methoxy groups -OCH3 is 2. The molecule has 4 aromatic rings. The van der Waals surface area contributed by atoms with Gasteiger partial charge in [-0.15, -0.1) is 0 Å². The molecule has 0 saturated carbocycles. The topological polar surface area (TPSA) is 105 Å². The summed E-state index contributed by atoms with van der Waals surface area (Å²) in [6, 6.07) is 26.5. The lowest BCUT2D eigenvalue weighted by Crippen LogP contribution is -2.53. The van der Waals surface area contributed by atoms with E-state index in [1.807, 2.05) is 68.4 Å². The number of halogens is 1. The molecule has 0 aliphatic rings. The molecule has 0 aliphatic carbocycles. The number of nitrogens with one attached hydrogen (secondary N) is 1. The lowest BCUT2D eigenvalue weighted by Gasteiger charge is -2.34. The van der Waals surface area contributed by atoms with Crippen molar-refractivity contribution < 1.29 is 27.5 Å². The highest BCUT2D eigenvalue weighted by Gasteiger charge is 2.35. The van der Waals surface area contributed by atoms with Crippen molar-refractivity contribution in [3.8, 4) is 11.5 Å². The number of carbonyl (C=O) groups excluding carboxylic acids is 2. The number of benzene rings is 4. The summed E-state index contributed by atoms with van der Waals surface area (Å²) in [5.74, 6) is -0.337. The molecule has 0 radical (unpaired) electrons. The van der Waals surface area contributed by atoms with Gasteiger partial charge in [0.2, 0.25) is 11.8 Å². The van der Waals surface area contributed by atoms with E-state index < -0.39 is 28.5 Å². The highest BCUT2D eigenvalue weighted by atomic mass is 35.5. The number of ether oxygens (including phenoxy) is 2. The number of likely N-dealkylation sites (N-methyl/N-ethyl adjacent to an activating group) is 1. The van der Waals surface area contributed by atoms with Crippen LogP contribution in [0.3, 0.4) is 0 Å². The monoisotopic (exact) mass is 663 g/mol. The van der Waals surface area contributed by atoms with Gasteiger partial charge in [0.05, 0.1) is 24.8 Å². The van der Waals surface area contributed by atoms with Crippen molar-refractivity contribution in [3.05, 3.63) is 119 Å². The molecule has 1 atom stereocenters. The number of hydrogen-bond acceptors (Lipinski definition) is 6. The summed E-state index contributed by atoms with van der Waals surface area (Å²) < 4.78 is 40.2. The van der Waals surface area contributed by atoms with Crippen LogP contribution in [0.4, 0.5) is 5.69 Å². The molecule has 0 heterocycles. The van der Waals surface area contributed by atoms with Crippen LogP contribution >= 0.6 is 11.6 Å². The second kappa shape index (κ2) is 15.6. The number of hydrogen-bond donors (Lipinski definition) is 1. The number of nitrogens with zero attached hydrogens (tertiary/aromatic N) is 2. The second-order valence-corrected chi connectivity index (χ2v) is 12.9. The van der Waals surface area contributed by atoms with Gasteiger partial charge in [-0.25, -0.2) is 8.42 Å². The molecule has 0 aromatic heterocycles. The van der Waals surface area contributed by atoms with Crippen LogP contribution in [0.5, 0.6) is 11.5 Å². The summed E-state index contributed by atoms with van der Waals surface area (Å²) in [5, 5.41) is 3.26. The predicted octanol–water partition coefficient (Wildman–Crippen LogP) is 5.64. The van der Waals surface area contributed by atoms with Crippen molar-refractivity contribution in [1.29, 1.82) is 0 Å². The van der Waals surface area contributed by atoms with Crippen LogP contribution < -0.4 is 19.1 Å². The average molecular weight is 664 g/mol. The number of sulfonamides is 1. The zero-order valence-electron chi connectivity index (χ0n) is 26.3. The van der Waals surface area contributed by atoms with Gasteiger partial charge in [0.25, 0.3) is 10.0 Å². The maximum Gasteiger partial charge on any atom is 0.264 e. The van der Waals surface area contributed by atoms with Crippen LogP contribution in [0.15, 0.2) is 102 Å². The molecule has 4 rings (SSSR count). The Bertz CT molecular complexity index is 1730. The maximum atomic E-state index is 14.5. The van der Waals surface area contributed by atoms with Crippen LogP contribution in [-0.4, -0.2) is 58.5 Å². The Morgan fingerprint density at radius 2 is 1.50 bits per heavy atom. The maximum absolute atomic E-state index is 14.5. The molecular weight excluding hydrogens is 626 g/mol. The fraction of sp³-hybridized carbons (Fsp3) is 0.257. The molecule has 242 valence electrons. The molecule has 0 aliphatic heterocycles. The molecular formula is C35H38ClN3O6S. The smallest absolute Gasteiger partial charge is 0.264 e. The van der Waals surface area contributed by atoms with Crippen LogP contribution in [0.1, 0.15) is 23.6 Å². The fourth-order valence-corrected chi connectivity index (χ4v) is 6.53. The molecule has 9 nitrogen and oxygen atoms in total. The largest absolute Gasteiger partial charge is 0.493 e. The normalized spacial score (nSPS) is 11.8. The van der Waals surface area contributed by atoms with Gasteiger partial charge in [-0.3, -0.25) is 13.9 Å². The van der Waals surface area contributed by atoms with E-state index >= 15 is 0 Å². The molecule has 0 unspecified atom stereocenters. The van der Waals surface area contributed by atoms with Gasteiger partial charge in [-0.05, 0) is 61.4 Å². The highest BCUT2D eigenvalue weighted by Crippen LogP contribution is 2.33. The van der Waals surface area contributed by atoms with Crippen molar-refractivity contribution >= 4 is 39.1 Å². The zero-order valence-corrected chi connectivity index (χ0v) is 27.8. The summed E-state index contributed by atoms with van der Waals surface area (Å²) in [6.45, 7) is 3.62. The summed E-state index contributed by atoms with van der Waals surface area (Å²) in [7, 11) is -1.48. The van der Waals surface area contributed by atoms with Crippen LogP contribution in [0, 0.1) is 6.92 Å². The third-order valence-corrected chi connectivity index (χ3v) is 9.45. The number of rotatable bonds is 14. The number of carbonyl (C=O) groups is 2. The standard InChI is InChI=1S/C35H38ClN3O6S/c1-5-37-35(41)31(21-26-9-7-6-8-10-26)38(23-27-13-11-25(2)12-14-27)34(40)24-39(29-17-15-28(36)16-18-29)46(42,43)30-19-20-32(44-3)33(22-30)45-4/h6-20,22,31H,5,21,23-24H2,1-4H3,(H,37,41)/t31-/m0/s1. The first-order valence-corrected chi connectivity index (χ1v) is 16.6. The average Bonchev–Trinajstić information content (AvgIpc) is 3.06. The van der Waals surface area contributed by atoms with Crippen molar-refractivity contribution in [2.75, 3.05) is 31.6 Å². The molecule has 1 N–H and O–H groups in total. The van der Waals surface area contributed by atoms with Gasteiger partial charge in [0.15, 0.2) is 11.5 Å². The summed E-state index contributed by atoms with van der Waals surface area (Å²) in [5.41, 5.74) is 2.91. The Morgan fingerprint density at radius 1 is 0.848 bits per heavy atom. The molecule has 46 heavy (non-hydrogen) atoms. The fourth-order valence-electron chi connectivity index (χ4n) is 4.98. The molecule has 11 heteroatoms. The van der Waals surface area contributed by atoms with Gasteiger partial charge in [0, 0.05) is 30.6 Å². The van der Waals surface area contributed by atoms with Gasteiger partial charge in [0.1, 0.15) is 12.6 Å². The van der Waals surface area contributed by atoms with E-state index in [0.29, 0.717) is 17.3 Å². The van der Waals surface area contributed by atoms with E-state index in [0.717, 1.165) is 21.0 Å². The predicted molar refractivity (Wildman–Crippen MR) is 180 cm³/mol. The van der Waals surface area contributed by atoms with Gasteiger partial charge in [-0.2, -0.15) is 0 Å². The van der Waals surface area contributed by atoms with Crippen LogP contribution in [-0.2, 0) is 32.6 Å². The summed E-state index contributed by atoms with van der Waals surface area (Å²) in [4.78, 5) is 29.4. The third-order valence-electron chi connectivity index (χ3n) is 7.43. The summed E-state index contributed by atoms with van der Waals surface area (Å²) in [6.07, 6.45) is 0.230. The molecule has 0 saturated heterocycles. The lowest BCUT2D eigenvalue weighted by molar-refractivity contribution is -0.140. The van der Waals surface area contributed by atoms with Gasteiger partial charge in [-0.1, -0.05) is 71.8 Å². The first kappa shape index (κ1) is 34.3. The summed E-state index contributed by atoms with van der Waals surface area (Å²) >= 11 is 6.14. The Balaban J connectivity index is 1.81. The SMILES string of the molecule is CCNC(=O)[C@H](Cc1ccccc1)N(Cc1ccc(C)cc1)C(=O)CN(c1ccc(Cl)cc1)S(=O)(=O)c1ccc(OC)c(OC)c1. The molecule has 0 fully saturated rings. The van der Waals surface area contributed by atoms with Crippen molar-refractivity contribution in [1.82, 2.24) is 10.2 Å². The van der Waals surface area contributed by atoms with Crippen molar-refractivity contribution in [3.63, 3.8) is 0 Å². The van der Waals surface area contributed by atoms with E-state index in [1.165, 1.54) is 49.5 Å². The first-order chi connectivity index (χ1) is 22.1. The molecule has 0 spiro atoms. The van der Waals surface area contributed by atoms with E-state index in [1.54, 1.807) is 12.1 Å². The third kappa shape index (κ3) is 8.38. The Hall–Kier alpha value is -4.54. The minimum absolute atomic E-state index is 0.0820. The van der Waals surface area contributed by atoms with E-state index in [9.17, 15) is 18.0 Å². The van der Waals surface area contributed by atoms with E-state index in [2.05, 4.69) is 5.32 Å². The first-order valence-electron chi connectivity index (χ1n) is 14.7. The van der Waals surface area contributed by atoms with Crippen molar-refractivity contribution in [2.45, 2.75) is 37.8 Å². The van der Waals surface area contributed by atoms with E-state index in [4.69, 9.17) is 21.1 Å². The highest BCUT2D eigenvalue weighted by molar-refractivity contribution is 7.92. The van der Waals surface area contributed by atoms with Crippen molar-refractivity contribution in [2.24, 2.45) is 0 Å². The number of anilines is 1. The number of aryl methyl sites for hydroxylation is 1. The lowest BCUT2D eigenvalue weighted by atomic mass is 10.0. The molecule has 4 aromatic carbocycles. The van der Waals surface area contributed by atoms with E-state index in [-0.39, 0.29) is 35.2 Å². The zero-order chi connectivity index (χ0) is 33.3. The van der Waals surface area contributed by atoms with Gasteiger partial charge >= 0.3 is 0 Å². The van der Waals surface area contributed by atoms with Gasteiger partial charge < -0.3 is 19.7 Å². The van der Waals surface area contributed by atoms with Crippen LogP contribution in [0.25, 0.3) is 0 Å². The second-order valence-electron chi connectivity index (χ2n) is 10.6. The van der Waals surface area contributed by atoms with Crippen LogP contribution in [0.2, 0.25) is 5.02 Å². The minimum atomic E-state index is -4.34. The Kier molecular flexibility index (Phi) is 11.7. The quantitative estimate of drug-likeness (QED) is 0.187. The Morgan fingerprint density at radius 3 is 2.11 bits per heavy atom. The molecule has 2 amide bonds. The Labute approximate surface area is 275 Å².